The molecule has 0 atom stereocenters. The number of amides is 1. The second-order valence-electron chi connectivity index (χ2n) is 3.62. The van der Waals surface area contributed by atoms with Crippen LogP contribution in [0.2, 0.25) is 0 Å². The normalized spacial score (nSPS) is 10.1. The summed E-state index contributed by atoms with van der Waals surface area (Å²) in [6.45, 7) is 0.563. The van der Waals surface area contributed by atoms with Crippen LogP contribution < -0.4 is 5.32 Å². The Kier molecular flexibility index (Phi) is 4.41. The molecule has 0 fully saturated rings. The molecule has 1 aromatic heterocycles. The Hall–Kier alpha value is -1.75. The van der Waals surface area contributed by atoms with E-state index in [1.165, 1.54) is 0 Å². The molecule has 94 valence electrons. The van der Waals surface area contributed by atoms with Crippen molar-refractivity contribution in [1.29, 1.82) is 0 Å². The average molecular weight is 310 g/mol. The SMILES string of the molecule is O=C(NCc1ccc(Br)o1)OCc1ccccc1. The number of carbonyl (C=O) groups is 1. The topological polar surface area (TPSA) is 51.5 Å². The summed E-state index contributed by atoms with van der Waals surface area (Å²) in [5.74, 6) is 0.665. The van der Waals surface area contributed by atoms with Gasteiger partial charge in [0.25, 0.3) is 0 Å². The van der Waals surface area contributed by atoms with Gasteiger partial charge in [0.05, 0.1) is 6.54 Å². The summed E-state index contributed by atoms with van der Waals surface area (Å²) in [5, 5.41) is 2.61. The fourth-order valence-corrected chi connectivity index (χ4v) is 1.72. The van der Waals surface area contributed by atoms with Crippen LogP contribution in [-0.4, -0.2) is 6.09 Å². The fraction of sp³-hybridized carbons (Fsp3) is 0.154. The second kappa shape index (κ2) is 6.26. The lowest BCUT2D eigenvalue weighted by Gasteiger charge is -2.05. The number of hydrogen-bond donors (Lipinski definition) is 1. The van der Waals surface area contributed by atoms with Gasteiger partial charge in [0.1, 0.15) is 12.4 Å². The zero-order valence-electron chi connectivity index (χ0n) is 9.56. The van der Waals surface area contributed by atoms with E-state index in [4.69, 9.17) is 9.15 Å². The van der Waals surface area contributed by atoms with Gasteiger partial charge in [0, 0.05) is 0 Å². The molecule has 2 aromatic rings. The summed E-state index contributed by atoms with van der Waals surface area (Å²) in [5.41, 5.74) is 0.952. The van der Waals surface area contributed by atoms with Gasteiger partial charge in [-0.05, 0) is 33.6 Å². The Labute approximate surface area is 113 Å². The number of rotatable bonds is 4. The Morgan fingerprint density at radius 1 is 1.22 bits per heavy atom. The highest BCUT2D eigenvalue weighted by Gasteiger charge is 2.04. The third kappa shape index (κ3) is 3.92. The standard InChI is InChI=1S/C13H12BrNO3/c14-12-7-6-11(18-12)8-15-13(16)17-9-10-4-2-1-3-5-10/h1-7H,8-9H2,(H,15,16). The van der Waals surface area contributed by atoms with Crippen LogP contribution in [0, 0.1) is 0 Å². The van der Waals surface area contributed by atoms with Crippen LogP contribution in [-0.2, 0) is 17.9 Å². The second-order valence-corrected chi connectivity index (χ2v) is 4.40. The quantitative estimate of drug-likeness (QED) is 0.941. The number of benzene rings is 1. The number of furan rings is 1. The minimum atomic E-state index is -0.466. The molecule has 4 nitrogen and oxygen atoms in total. The monoisotopic (exact) mass is 309 g/mol. The first-order chi connectivity index (χ1) is 8.74. The molecule has 0 spiro atoms. The first kappa shape index (κ1) is 12.7. The highest BCUT2D eigenvalue weighted by molar-refractivity contribution is 9.10. The zero-order chi connectivity index (χ0) is 12.8. The number of alkyl carbamates (subject to hydrolysis) is 1. The lowest BCUT2D eigenvalue weighted by Crippen LogP contribution is -2.23. The van der Waals surface area contributed by atoms with Crippen molar-refractivity contribution in [3.63, 3.8) is 0 Å². The molecule has 1 heterocycles. The number of ether oxygens (including phenoxy) is 1. The summed E-state index contributed by atoms with van der Waals surface area (Å²) < 4.78 is 10.9. The summed E-state index contributed by atoms with van der Waals surface area (Å²) in [4.78, 5) is 11.4. The molecule has 0 aliphatic heterocycles. The molecule has 5 heteroatoms. The van der Waals surface area contributed by atoms with Gasteiger partial charge in [-0.1, -0.05) is 30.3 Å². The smallest absolute Gasteiger partial charge is 0.407 e. The van der Waals surface area contributed by atoms with Gasteiger partial charge in [-0.3, -0.25) is 0 Å². The lowest BCUT2D eigenvalue weighted by atomic mass is 10.2. The van der Waals surface area contributed by atoms with Crippen molar-refractivity contribution in [2.45, 2.75) is 13.2 Å². The molecule has 1 N–H and O–H groups in total. The van der Waals surface area contributed by atoms with Gasteiger partial charge in [-0.2, -0.15) is 0 Å². The van der Waals surface area contributed by atoms with Crippen molar-refractivity contribution in [2.24, 2.45) is 0 Å². The van der Waals surface area contributed by atoms with Crippen molar-refractivity contribution in [3.8, 4) is 0 Å². The van der Waals surface area contributed by atoms with Crippen LogP contribution in [0.25, 0.3) is 0 Å². The van der Waals surface area contributed by atoms with Crippen molar-refractivity contribution >= 4 is 22.0 Å². The number of nitrogens with one attached hydrogen (secondary N) is 1. The van der Waals surface area contributed by atoms with Crippen LogP contribution >= 0.6 is 15.9 Å². The molecule has 0 saturated carbocycles. The molecule has 0 bridgehead atoms. The summed E-state index contributed by atoms with van der Waals surface area (Å²) in [7, 11) is 0. The van der Waals surface area contributed by atoms with Crippen LogP contribution in [0.15, 0.2) is 51.6 Å². The first-order valence-corrected chi connectivity index (χ1v) is 6.22. The van der Waals surface area contributed by atoms with Crippen molar-refractivity contribution < 1.29 is 13.9 Å². The van der Waals surface area contributed by atoms with E-state index in [0.29, 0.717) is 17.0 Å². The Balaban J connectivity index is 1.73. The Bertz CT molecular complexity index is 510. The Morgan fingerprint density at radius 2 is 2.00 bits per heavy atom. The van der Waals surface area contributed by atoms with Gasteiger partial charge >= 0.3 is 6.09 Å². The molecule has 0 aliphatic carbocycles. The van der Waals surface area contributed by atoms with Crippen LogP contribution in [0.3, 0.4) is 0 Å². The van der Waals surface area contributed by atoms with E-state index in [1.807, 2.05) is 30.3 Å². The third-order valence-corrected chi connectivity index (χ3v) is 2.67. The van der Waals surface area contributed by atoms with Crippen LogP contribution in [0.4, 0.5) is 4.79 Å². The van der Waals surface area contributed by atoms with E-state index in [2.05, 4.69) is 21.2 Å². The molecule has 0 saturated heterocycles. The van der Waals surface area contributed by atoms with Gasteiger partial charge < -0.3 is 14.5 Å². The number of hydrogen-bond acceptors (Lipinski definition) is 3. The maximum atomic E-state index is 11.4. The summed E-state index contributed by atoms with van der Waals surface area (Å²) in [6.07, 6.45) is -0.466. The molecule has 1 amide bonds. The van der Waals surface area contributed by atoms with E-state index >= 15 is 0 Å². The number of halogens is 1. The highest BCUT2D eigenvalue weighted by Crippen LogP contribution is 2.13. The molecule has 0 radical (unpaired) electrons. The maximum absolute atomic E-state index is 11.4. The van der Waals surface area contributed by atoms with E-state index < -0.39 is 6.09 Å². The minimum Gasteiger partial charge on any atom is -0.452 e. The highest BCUT2D eigenvalue weighted by atomic mass is 79.9. The average Bonchev–Trinajstić information content (AvgIpc) is 2.81. The van der Waals surface area contributed by atoms with Gasteiger partial charge in [0.2, 0.25) is 0 Å². The maximum Gasteiger partial charge on any atom is 0.407 e. The first-order valence-electron chi connectivity index (χ1n) is 5.43. The van der Waals surface area contributed by atoms with Crippen molar-refractivity contribution in [1.82, 2.24) is 5.32 Å². The fourth-order valence-electron chi connectivity index (χ4n) is 1.38. The van der Waals surface area contributed by atoms with E-state index in [1.54, 1.807) is 12.1 Å². The van der Waals surface area contributed by atoms with Gasteiger partial charge in [-0.15, -0.1) is 0 Å². The van der Waals surface area contributed by atoms with Crippen molar-refractivity contribution in [3.05, 3.63) is 58.5 Å². The van der Waals surface area contributed by atoms with E-state index in [0.717, 1.165) is 5.56 Å². The predicted molar refractivity (Wildman–Crippen MR) is 69.9 cm³/mol. The number of carbonyl (C=O) groups excluding carboxylic acids is 1. The molecule has 1 aromatic carbocycles. The van der Waals surface area contributed by atoms with Crippen molar-refractivity contribution in [2.75, 3.05) is 0 Å². The minimum absolute atomic E-state index is 0.258. The predicted octanol–water partition coefficient (Wildman–Crippen LogP) is 3.47. The largest absolute Gasteiger partial charge is 0.452 e. The Morgan fingerprint density at radius 3 is 2.67 bits per heavy atom. The summed E-state index contributed by atoms with van der Waals surface area (Å²) in [6, 6.07) is 13.1. The van der Waals surface area contributed by atoms with Crippen LogP contribution in [0.5, 0.6) is 0 Å². The molecular formula is C13H12BrNO3. The molecular weight excluding hydrogens is 298 g/mol. The zero-order valence-corrected chi connectivity index (χ0v) is 11.1. The van der Waals surface area contributed by atoms with Gasteiger partial charge in [-0.25, -0.2) is 4.79 Å². The summed E-state index contributed by atoms with van der Waals surface area (Å²) >= 11 is 3.19. The molecule has 0 unspecified atom stereocenters. The van der Waals surface area contributed by atoms with Gasteiger partial charge in [0.15, 0.2) is 4.67 Å². The third-order valence-electron chi connectivity index (χ3n) is 2.25. The molecule has 18 heavy (non-hydrogen) atoms. The van der Waals surface area contributed by atoms with E-state index in [-0.39, 0.29) is 6.61 Å². The van der Waals surface area contributed by atoms with Crippen LogP contribution in [0.1, 0.15) is 11.3 Å². The van der Waals surface area contributed by atoms with E-state index in [9.17, 15) is 4.79 Å². The molecule has 0 aliphatic rings. The molecule has 2 rings (SSSR count). The lowest BCUT2D eigenvalue weighted by molar-refractivity contribution is 0.138.